The van der Waals surface area contributed by atoms with Crippen molar-refractivity contribution in [2.45, 2.75) is 0 Å². The maximum atomic E-state index is 6.24. The third-order valence-corrected chi connectivity index (χ3v) is 12.8. The number of rotatable bonds is 6. The standard InChI is InChI=1S/C60H36N4O/c1-3-15-46-39(12-1)33-53(50-19-7-5-17-48(46)50)43-30-44(54-34-40-13-2-4-16-47(40)49-18-6-8-20-51(49)54)32-45(31-43)60-63-58(38-25-23-37(24-26-38)42-14-11-29-61-36-42)62-59(64-60)41-27-28-57-55(35-41)52-21-9-10-22-56(52)65-57/h1-36H. The van der Waals surface area contributed by atoms with Crippen molar-refractivity contribution in [3.63, 3.8) is 0 Å². The Morgan fingerprint density at radius 3 is 1.37 bits per heavy atom. The van der Waals surface area contributed by atoms with Crippen molar-refractivity contribution in [2.24, 2.45) is 0 Å². The van der Waals surface area contributed by atoms with Crippen molar-refractivity contribution in [3.8, 4) is 67.5 Å². The average Bonchev–Trinajstić information content (AvgIpc) is 3.76. The highest BCUT2D eigenvalue weighted by Crippen LogP contribution is 2.42. The summed E-state index contributed by atoms with van der Waals surface area (Å²) in [6.45, 7) is 0. The van der Waals surface area contributed by atoms with E-state index < -0.39 is 0 Å². The Hall–Kier alpha value is -8.80. The predicted molar refractivity (Wildman–Crippen MR) is 268 cm³/mol. The molecule has 0 aliphatic carbocycles. The summed E-state index contributed by atoms with van der Waals surface area (Å²) in [6.07, 6.45) is 3.67. The number of benzene rings is 10. The number of pyridine rings is 1. The van der Waals surface area contributed by atoms with Crippen molar-refractivity contribution in [1.82, 2.24) is 19.9 Å². The summed E-state index contributed by atoms with van der Waals surface area (Å²) >= 11 is 0. The zero-order valence-electron chi connectivity index (χ0n) is 35.0. The van der Waals surface area contributed by atoms with Gasteiger partial charge >= 0.3 is 0 Å². The fourth-order valence-corrected chi connectivity index (χ4v) is 9.63. The molecule has 5 heteroatoms. The van der Waals surface area contributed by atoms with Gasteiger partial charge < -0.3 is 4.42 Å². The molecule has 302 valence electrons. The maximum absolute atomic E-state index is 6.24. The molecule has 0 spiro atoms. The Balaban J connectivity index is 1.08. The number of para-hydroxylation sites is 1. The molecule has 0 aliphatic heterocycles. The van der Waals surface area contributed by atoms with E-state index in [1.54, 1.807) is 6.20 Å². The molecule has 5 nitrogen and oxygen atoms in total. The van der Waals surface area contributed by atoms with Crippen molar-refractivity contribution < 1.29 is 4.42 Å². The second-order valence-electron chi connectivity index (χ2n) is 16.6. The van der Waals surface area contributed by atoms with E-state index in [0.29, 0.717) is 17.5 Å². The molecule has 0 fully saturated rings. The van der Waals surface area contributed by atoms with Crippen LogP contribution in [0.4, 0.5) is 0 Å². The molecule has 0 atom stereocenters. The van der Waals surface area contributed by atoms with Crippen molar-refractivity contribution in [1.29, 1.82) is 0 Å². The lowest BCUT2D eigenvalue weighted by molar-refractivity contribution is 0.669. The normalized spacial score (nSPS) is 11.7. The Bertz CT molecular complexity index is 3870. The first-order chi connectivity index (χ1) is 32.2. The van der Waals surface area contributed by atoms with Gasteiger partial charge in [-0.25, -0.2) is 15.0 Å². The highest BCUT2D eigenvalue weighted by Gasteiger charge is 2.19. The Kier molecular flexibility index (Phi) is 8.46. The molecule has 0 bridgehead atoms. The molecule has 0 saturated carbocycles. The van der Waals surface area contributed by atoms with Crippen LogP contribution >= 0.6 is 0 Å². The number of furan rings is 1. The second-order valence-corrected chi connectivity index (χ2v) is 16.6. The lowest BCUT2D eigenvalue weighted by Gasteiger charge is -2.16. The van der Waals surface area contributed by atoms with Crippen LogP contribution in [0.25, 0.3) is 133 Å². The molecule has 65 heavy (non-hydrogen) atoms. The van der Waals surface area contributed by atoms with Gasteiger partial charge in [0.15, 0.2) is 17.5 Å². The Labute approximate surface area is 374 Å². The molecule has 0 N–H and O–H groups in total. The lowest BCUT2D eigenvalue weighted by atomic mass is 9.88. The number of aromatic nitrogens is 4. The van der Waals surface area contributed by atoms with Gasteiger partial charge in [-0.2, -0.15) is 0 Å². The summed E-state index contributed by atoms with van der Waals surface area (Å²) in [5.41, 5.74) is 10.9. The molecule has 13 aromatic rings. The summed E-state index contributed by atoms with van der Waals surface area (Å²) in [5, 5.41) is 11.7. The summed E-state index contributed by atoms with van der Waals surface area (Å²) in [7, 11) is 0. The minimum atomic E-state index is 0.577. The predicted octanol–water partition coefficient (Wildman–Crippen LogP) is 15.8. The van der Waals surface area contributed by atoms with Gasteiger partial charge in [0.25, 0.3) is 0 Å². The van der Waals surface area contributed by atoms with Gasteiger partial charge in [-0.15, -0.1) is 0 Å². The van der Waals surface area contributed by atoms with Crippen molar-refractivity contribution in [2.75, 3.05) is 0 Å². The highest BCUT2D eigenvalue weighted by molar-refractivity contribution is 6.16. The molecule has 0 amide bonds. The molecule has 3 aromatic heterocycles. The Morgan fingerprint density at radius 1 is 0.277 bits per heavy atom. The van der Waals surface area contributed by atoms with Crippen LogP contribution in [0.2, 0.25) is 0 Å². The van der Waals surface area contributed by atoms with Crippen LogP contribution in [0, 0.1) is 0 Å². The largest absolute Gasteiger partial charge is 0.456 e. The van der Waals surface area contributed by atoms with E-state index in [1.807, 2.05) is 42.6 Å². The lowest BCUT2D eigenvalue weighted by Crippen LogP contribution is -2.01. The number of fused-ring (bicyclic) bond motifs is 9. The molecule has 3 heterocycles. The first-order valence-electron chi connectivity index (χ1n) is 21.8. The first-order valence-corrected chi connectivity index (χ1v) is 21.8. The van der Waals surface area contributed by atoms with E-state index in [0.717, 1.165) is 72.0 Å². The van der Waals surface area contributed by atoms with E-state index in [2.05, 4.69) is 175 Å². The smallest absolute Gasteiger partial charge is 0.164 e. The minimum absolute atomic E-state index is 0.577. The van der Waals surface area contributed by atoms with E-state index in [-0.39, 0.29) is 0 Å². The quantitative estimate of drug-likeness (QED) is 0.156. The molecule has 13 rings (SSSR count). The maximum Gasteiger partial charge on any atom is 0.164 e. The minimum Gasteiger partial charge on any atom is -0.456 e. The fraction of sp³-hybridized carbons (Fsp3) is 0. The first kappa shape index (κ1) is 36.8. The molecule has 0 radical (unpaired) electrons. The van der Waals surface area contributed by atoms with Gasteiger partial charge in [0.1, 0.15) is 11.2 Å². The molecule has 0 unspecified atom stereocenters. The van der Waals surface area contributed by atoms with Gasteiger partial charge in [-0.1, -0.05) is 146 Å². The molecular weight excluding hydrogens is 793 g/mol. The average molecular weight is 829 g/mol. The van der Waals surface area contributed by atoms with E-state index in [9.17, 15) is 0 Å². The molecule has 0 aliphatic rings. The summed E-state index contributed by atoms with van der Waals surface area (Å²) in [6, 6.07) is 73.0. The van der Waals surface area contributed by atoms with Gasteiger partial charge in [0, 0.05) is 39.9 Å². The second kappa shape index (κ2) is 14.9. The van der Waals surface area contributed by atoms with E-state index in [4.69, 9.17) is 19.4 Å². The topological polar surface area (TPSA) is 64.7 Å². The summed E-state index contributed by atoms with van der Waals surface area (Å²) < 4.78 is 6.24. The van der Waals surface area contributed by atoms with Crippen LogP contribution in [0.5, 0.6) is 0 Å². The van der Waals surface area contributed by atoms with Gasteiger partial charge in [-0.05, 0) is 137 Å². The van der Waals surface area contributed by atoms with Crippen LogP contribution in [-0.2, 0) is 0 Å². The fourth-order valence-electron chi connectivity index (χ4n) is 9.63. The van der Waals surface area contributed by atoms with E-state index in [1.165, 1.54) is 43.1 Å². The van der Waals surface area contributed by atoms with Crippen LogP contribution in [0.15, 0.2) is 223 Å². The van der Waals surface area contributed by atoms with Gasteiger partial charge in [0.2, 0.25) is 0 Å². The summed E-state index contributed by atoms with van der Waals surface area (Å²) in [4.78, 5) is 20.3. The van der Waals surface area contributed by atoms with Crippen LogP contribution in [-0.4, -0.2) is 19.9 Å². The van der Waals surface area contributed by atoms with Crippen molar-refractivity contribution in [3.05, 3.63) is 219 Å². The van der Waals surface area contributed by atoms with Crippen LogP contribution in [0.3, 0.4) is 0 Å². The van der Waals surface area contributed by atoms with Crippen LogP contribution in [0.1, 0.15) is 0 Å². The SMILES string of the molecule is c1cncc(-c2ccc(-c3nc(-c4cc(-c5cc6ccccc6c6ccccc56)cc(-c5cc6ccccc6c6ccccc56)c4)nc(-c4ccc5oc6ccccc6c5c4)n3)cc2)c1. The van der Waals surface area contributed by atoms with Crippen LogP contribution < -0.4 is 0 Å². The summed E-state index contributed by atoms with van der Waals surface area (Å²) in [5.74, 6) is 1.74. The highest BCUT2D eigenvalue weighted by atomic mass is 16.3. The molecule has 10 aromatic carbocycles. The monoisotopic (exact) mass is 828 g/mol. The number of hydrogen-bond donors (Lipinski definition) is 0. The third kappa shape index (κ3) is 6.32. The zero-order chi connectivity index (χ0) is 42.8. The molecule has 0 saturated heterocycles. The number of hydrogen-bond acceptors (Lipinski definition) is 5. The molecular formula is C60H36N4O. The number of nitrogens with zero attached hydrogens (tertiary/aromatic N) is 4. The van der Waals surface area contributed by atoms with Crippen molar-refractivity contribution >= 4 is 65.0 Å². The third-order valence-electron chi connectivity index (χ3n) is 12.8. The van der Waals surface area contributed by atoms with Gasteiger partial charge in [-0.3, -0.25) is 4.98 Å². The zero-order valence-corrected chi connectivity index (χ0v) is 35.0. The van der Waals surface area contributed by atoms with Gasteiger partial charge in [0.05, 0.1) is 0 Å². The van der Waals surface area contributed by atoms with E-state index >= 15 is 0 Å². The Morgan fingerprint density at radius 2 is 0.754 bits per heavy atom.